The summed E-state index contributed by atoms with van der Waals surface area (Å²) in [5.74, 6) is 1.09. The fourth-order valence-electron chi connectivity index (χ4n) is 3.42. The van der Waals surface area contributed by atoms with E-state index in [-0.39, 0.29) is 5.91 Å². The number of fused-ring (bicyclic) bond motifs is 1. The number of hydrogen-bond donors (Lipinski definition) is 0. The maximum absolute atomic E-state index is 12.4. The number of thiazole rings is 1. The number of amides is 1. The smallest absolute Gasteiger partial charge is 0.222 e. The fourth-order valence-corrected chi connectivity index (χ4v) is 4.43. The van der Waals surface area contributed by atoms with Crippen molar-refractivity contribution < 1.29 is 9.53 Å². The van der Waals surface area contributed by atoms with Crippen LogP contribution >= 0.6 is 11.3 Å². The molecule has 0 radical (unpaired) electrons. The van der Waals surface area contributed by atoms with Gasteiger partial charge in [0.1, 0.15) is 10.8 Å². The zero-order valence-electron chi connectivity index (χ0n) is 15.9. The number of rotatable bonds is 7. The Balaban J connectivity index is 1.17. The van der Waals surface area contributed by atoms with E-state index in [9.17, 15) is 4.79 Å². The van der Waals surface area contributed by atoms with Crippen LogP contribution in [0.3, 0.4) is 0 Å². The van der Waals surface area contributed by atoms with Crippen molar-refractivity contribution in [2.75, 3.05) is 32.8 Å². The van der Waals surface area contributed by atoms with Crippen molar-refractivity contribution >= 4 is 27.5 Å². The first-order chi connectivity index (χ1) is 13.8. The molecule has 3 aromatic rings. The molecule has 0 aliphatic carbocycles. The van der Waals surface area contributed by atoms with Gasteiger partial charge in [-0.3, -0.25) is 9.69 Å². The number of piperazine rings is 1. The standard InChI is InChI=1S/C22H25N3O2S/c26-22(11-6-16-27-18-7-2-1-3-8-18)25-14-12-24(13-15-25)17-21-23-19-9-4-5-10-20(19)28-21/h1-5,7-10H,6,11-17H2. The number of para-hydroxylation sites is 2. The number of hydrogen-bond acceptors (Lipinski definition) is 5. The van der Waals surface area contributed by atoms with Crippen molar-refractivity contribution in [2.24, 2.45) is 0 Å². The Hall–Kier alpha value is -2.44. The van der Waals surface area contributed by atoms with Crippen LogP contribution in [0.15, 0.2) is 54.6 Å². The van der Waals surface area contributed by atoms with E-state index in [1.165, 1.54) is 4.70 Å². The van der Waals surface area contributed by atoms with Crippen LogP contribution in [0.25, 0.3) is 10.2 Å². The monoisotopic (exact) mass is 395 g/mol. The Morgan fingerprint density at radius 1 is 1.00 bits per heavy atom. The van der Waals surface area contributed by atoms with Crippen molar-refractivity contribution in [3.63, 3.8) is 0 Å². The van der Waals surface area contributed by atoms with E-state index in [1.807, 2.05) is 41.3 Å². The van der Waals surface area contributed by atoms with E-state index in [0.717, 1.165) is 55.4 Å². The third-order valence-electron chi connectivity index (χ3n) is 4.97. The Morgan fingerprint density at radius 2 is 1.75 bits per heavy atom. The molecule has 2 heterocycles. The summed E-state index contributed by atoms with van der Waals surface area (Å²) in [6, 6.07) is 18.0. The highest BCUT2D eigenvalue weighted by molar-refractivity contribution is 7.18. The highest BCUT2D eigenvalue weighted by atomic mass is 32.1. The number of nitrogens with zero attached hydrogens (tertiary/aromatic N) is 3. The summed E-state index contributed by atoms with van der Waals surface area (Å²) in [4.78, 5) is 21.5. The van der Waals surface area contributed by atoms with E-state index < -0.39 is 0 Å². The number of carbonyl (C=O) groups is 1. The van der Waals surface area contributed by atoms with Gasteiger partial charge >= 0.3 is 0 Å². The molecule has 0 N–H and O–H groups in total. The Kier molecular flexibility index (Phi) is 6.19. The first-order valence-corrected chi connectivity index (χ1v) is 10.6. The third-order valence-corrected chi connectivity index (χ3v) is 5.99. The van der Waals surface area contributed by atoms with Crippen molar-refractivity contribution in [3.8, 4) is 5.75 Å². The van der Waals surface area contributed by atoms with Crippen LogP contribution in [0.2, 0.25) is 0 Å². The molecular formula is C22H25N3O2S. The average molecular weight is 396 g/mol. The molecule has 1 aliphatic rings. The van der Waals surface area contributed by atoms with Gasteiger partial charge in [-0.25, -0.2) is 4.98 Å². The molecule has 0 atom stereocenters. The third kappa shape index (κ3) is 4.88. The van der Waals surface area contributed by atoms with Crippen LogP contribution < -0.4 is 4.74 Å². The van der Waals surface area contributed by atoms with Crippen molar-refractivity contribution in [1.82, 2.24) is 14.8 Å². The number of aromatic nitrogens is 1. The van der Waals surface area contributed by atoms with E-state index in [0.29, 0.717) is 13.0 Å². The lowest BCUT2D eigenvalue weighted by Crippen LogP contribution is -2.48. The summed E-state index contributed by atoms with van der Waals surface area (Å²) in [6.07, 6.45) is 1.30. The van der Waals surface area contributed by atoms with E-state index in [4.69, 9.17) is 9.72 Å². The van der Waals surface area contributed by atoms with Gasteiger partial charge in [0.25, 0.3) is 0 Å². The molecule has 1 saturated heterocycles. The van der Waals surface area contributed by atoms with Gasteiger partial charge in [0.05, 0.1) is 23.4 Å². The van der Waals surface area contributed by atoms with Gasteiger partial charge in [0, 0.05) is 32.6 Å². The van der Waals surface area contributed by atoms with Gasteiger partial charge in [0.2, 0.25) is 5.91 Å². The maximum Gasteiger partial charge on any atom is 0.222 e. The first-order valence-electron chi connectivity index (χ1n) is 9.80. The Bertz CT molecular complexity index is 871. The van der Waals surface area contributed by atoms with Gasteiger partial charge in [-0.05, 0) is 30.7 Å². The quantitative estimate of drug-likeness (QED) is 0.571. The largest absolute Gasteiger partial charge is 0.494 e. The second-order valence-corrected chi connectivity index (χ2v) is 8.11. The fraction of sp³-hybridized carbons (Fsp3) is 0.364. The zero-order valence-corrected chi connectivity index (χ0v) is 16.7. The highest BCUT2D eigenvalue weighted by Crippen LogP contribution is 2.23. The van der Waals surface area contributed by atoms with E-state index in [1.54, 1.807) is 11.3 Å². The molecule has 1 aliphatic heterocycles. The lowest BCUT2D eigenvalue weighted by molar-refractivity contribution is -0.133. The van der Waals surface area contributed by atoms with Gasteiger partial charge in [0.15, 0.2) is 0 Å². The predicted octanol–water partition coefficient (Wildman–Crippen LogP) is 3.80. The van der Waals surface area contributed by atoms with Crippen LogP contribution in [0, 0.1) is 0 Å². The molecule has 0 bridgehead atoms. The molecule has 1 amide bonds. The van der Waals surface area contributed by atoms with Crippen LogP contribution in [-0.4, -0.2) is 53.5 Å². The van der Waals surface area contributed by atoms with Crippen LogP contribution in [-0.2, 0) is 11.3 Å². The Morgan fingerprint density at radius 3 is 2.54 bits per heavy atom. The lowest BCUT2D eigenvalue weighted by Gasteiger charge is -2.34. The molecule has 5 nitrogen and oxygen atoms in total. The summed E-state index contributed by atoms with van der Waals surface area (Å²) in [6.45, 7) is 4.84. The minimum Gasteiger partial charge on any atom is -0.494 e. The van der Waals surface area contributed by atoms with Crippen LogP contribution in [0.5, 0.6) is 5.75 Å². The molecule has 0 spiro atoms. The van der Waals surface area contributed by atoms with Gasteiger partial charge in [-0.1, -0.05) is 30.3 Å². The lowest BCUT2D eigenvalue weighted by atomic mass is 10.2. The molecule has 1 fully saturated rings. The molecule has 28 heavy (non-hydrogen) atoms. The van der Waals surface area contributed by atoms with Crippen molar-refractivity contribution in [3.05, 3.63) is 59.6 Å². The zero-order chi connectivity index (χ0) is 19.2. The van der Waals surface area contributed by atoms with Crippen molar-refractivity contribution in [2.45, 2.75) is 19.4 Å². The highest BCUT2D eigenvalue weighted by Gasteiger charge is 2.21. The molecule has 146 valence electrons. The normalized spacial score (nSPS) is 15.1. The Labute approximate surface area is 169 Å². The number of carbonyl (C=O) groups excluding carboxylic acids is 1. The molecule has 4 rings (SSSR count). The SMILES string of the molecule is O=C(CCCOc1ccccc1)N1CCN(Cc2nc3ccccc3s2)CC1. The number of benzene rings is 2. The summed E-state index contributed by atoms with van der Waals surface area (Å²) in [5.41, 5.74) is 1.08. The van der Waals surface area contributed by atoms with E-state index >= 15 is 0 Å². The minimum atomic E-state index is 0.233. The molecule has 6 heteroatoms. The molecule has 0 unspecified atom stereocenters. The summed E-state index contributed by atoms with van der Waals surface area (Å²) in [7, 11) is 0. The van der Waals surface area contributed by atoms with Gasteiger partial charge in [-0.15, -0.1) is 11.3 Å². The summed E-state index contributed by atoms with van der Waals surface area (Å²) < 4.78 is 6.91. The molecule has 1 aromatic heterocycles. The minimum absolute atomic E-state index is 0.233. The molecule has 2 aromatic carbocycles. The van der Waals surface area contributed by atoms with Crippen molar-refractivity contribution in [1.29, 1.82) is 0 Å². The molecular weight excluding hydrogens is 370 g/mol. The summed E-state index contributed by atoms with van der Waals surface area (Å²) >= 11 is 1.76. The topological polar surface area (TPSA) is 45.7 Å². The van der Waals surface area contributed by atoms with E-state index in [2.05, 4.69) is 23.1 Å². The van der Waals surface area contributed by atoms with Gasteiger partial charge in [-0.2, -0.15) is 0 Å². The van der Waals surface area contributed by atoms with Gasteiger partial charge < -0.3 is 9.64 Å². The summed E-state index contributed by atoms with van der Waals surface area (Å²) in [5, 5.41) is 1.15. The number of ether oxygens (including phenoxy) is 1. The molecule has 0 saturated carbocycles. The maximum atomic E-state index is 12.4. The second kappa shape index (κ2) is 9.17. The average Bonchev–Trinajstić information content (AvgIpc) is 3.14. The second-order valence-electron chi connectivity index (χ2n) is 7.00. The van der Waals surface area contributed by atoms with Crippen LogP contribution in [0.1, 0.15) is 17.8 Å². The first kappa shape index (κ1) is 18.9. The predicted molar refractivity (Wildman–Crippen MR) is 113 cm³/mol. The van der Waals surface area contributed by atoms with Crippen LogP contribution in [0.4, 0.5) is 0 Å².